The lowest BCUT2D eigenvalue weighted by atomic mass is 9.74. The molecule has 5 rings (SSSR count). The molecule has 0 bridgehead atoms. The minimum Gasteiger partial charge on any atom is -0.361 e. The Hall–Kier alpha value is -2.94. The number of carbonyl (C=O) groups excluding carboxylic acids is 1. The minimum atomic E-state index is -3.68. The standard InChI is InChI=1S/C27H32N4O3S/c1-30(2)19-35(33,34)29-25(17-21-18-28-24-10-6-4-8-22(21)24)26(32)31-15-13-27(14-16-31)12-11-20-7-3-5-9-23(20)27/h3-12,18,25,28-29H,13-17,19H2,1-2H3. The van der Waals surface area contributed by atoms with E-state index in [-0.39, 0.29) is 17.2 Å². The Morgan fingerprint density at radius 3 is 2.60 bits per heavy atom. The van der Waals surface area contributed by atoms with Gasteiger partial charge in [-0.3, -0.25) is 9.69 Å². The normalized spacial score (nSPS) is 17.9. The molecule has 35 heavy (non-hydrogen) atoms. The molecule has 1 unspecified atom stereocenters. The molecule has 0 saturated carbocycles. The van der Waals surface area contributed by atoms with Crippen molar-refractivity contribution in [3.63, 3.8) is 0 Å². The SMILES string of the molecule is CN(C)CS(=O)(=O)NC(Cc1c[nH]c2ccccc12)C(=O)N1CCC2(C=Cc3ccccc32)CC1. The summed E-state index contributed by atoms with van der Waals surface area (Å²) >= 11 is 0. The third kappa shape index (κ3) is 4.78. The van der Waals surface area contributed by atoms with Crippen LogP contribution in [0.15, 0.2) is 60.8 Å². The van der Waals surface area contributed by atoms with E-state index in [4.69, 9.17) is 0 Å². The van der Waals surface area contributed by atoms with E-state index in [2.05, 4.69) is 46.1 Å². The number of hydrogen-bond donors (Lipinski definition) is 2. The molecule has 1 saturated heterocycles. The maximum absolute atomic E-state index is 13.7. The lowest BCUT2D eigenvalue weighted by Gasteiger charge is -2.40. The van der Waals surface area contributed by atoms with Crippen molar-refractivity contribution in [2.45, 2.75) is 30.7 Å². The van der Waals surface area contributed by atoms with Crippen LogP contribution < -0.4 is 4.72 Å². The molecule has 3 aromatic rings. The molecule has 1 atom stereocenters. The van der Waals surface area contributed by atoms with E-state index in [0.29, 0.717) is 19.5 Å². The number of amides is 1. The molecule has 0 radical (unpaired) electrons. The van der Waals surface area contributed by atoms with Crippen LogP contribution in [0.1, 0.15) is 29.5 Å². The van der Waals surface area contributed by atoms with Gasteiger partial charge in [-0.15, -0.1) is 0 Å². The average molecular weight is 493 g/mol. The Balaban J connectivity index is 1.36. The van der Waals surface area contributed by atoms with Gasteiger partial charge in [-0.2, -0.15) is 0 Å². The highest BCUT2D eigenvalue weighted by molar-refractivity contribution is 7.89. The number of nitrogens with zero attached hydrogens (tertiary/aromatic N) is 2. The number of para-hydroxylation sites is 1. The summed E-state index contributed by atoms with van der Waals surface area (Å²) in [6.45, 7) is 1.19. The topological polar surface area (TPSA) is 85.5 Å². The first-order valence-corrected chi connectivity index (χ1v) is 13.7. The number of allylic oxidation sites excluding steroid dienone is 1. The van der Waals surface area contributed by atoms with Gasteiger partial charge in [0.15, 0.2) is 0 Å². The van der Waals surface area contributed by atoms with Crippen molar-refractivity contribution >= 4 is 32.9 Å². The number of hydrogen-bond acceptors (Lipinski definition) is 4. The van der Waals surface area contributed by atoms with Gasteiger partial charge >= 0.3 is 0 Å². The fourth-order valence-corrected chi connectivity index (χ4v) is 6.88. The highest BCUT2D eigenvalue weighted by Gasteiger charge is 2.40. The van der Waals surface area contributed by atoms with E-state index in [9.17, 15) is 13.2 Å². The lowest BCUT2D eigenvalue weighted by Crippen LogP contribution is -2.54. The minimum absolute atomic E-state index is 0.0376. The number of aromatic nitrogens is 1. The number of rotatable bonds is 7. The van der Waals surface area contributed by atoms with Gasteiger partial charge in [0.1, 0.15) is 11.9 Å². The summed E-state index contributed by atoms with van der Waals surface area (Å²) in [6.07, 6.45) is 8.29. The summed E-state index contributed by atoms with van der Waals surface area (Å²) in [4.78, 5) is 20.4. The van der Waals surface area contributed by atoms with Gasteiger partial charge in [-0.05, 0) is 56.1 Å². The van der Waals surface area contributed by atoms with E-state index >= 15 is 0 Å². The zero-order valence-electron chi connectivity index (χ0n) is 20.2. The number of sulfonamides is 1. The first-order chi connectivity index (χ1) is 16.8. The van der Waals surface area contributed by atoms with Gasteiger partial charge < -0.3 is 9.88 Å². The summed E-state index contributed by atoms with van der Waals surface area (Å²) < 4.78 is 28.4. The summed E-state index contributed by atoms with van der Waals surface area (Å²) in [5.41, 5.74) is 4.43. The van der Waals surface area contributed by atoms with Crippen molar-refractivity contribution in [3.05, 3.63) is 77.5 Å². The molecular weight excluding hydrogens is 460 g/mol. The van der Waals surface area contributed by atoms with Crippen molar-refractivity contribution in [1.29, 1.82) is 0 Å². The van der Waals surface area contributed by atoms with Gasteiger partial charge in [-0.25, -0.2) is 13.1 Å². The van der Waals surface area contributed by atoms with Crippen LogP contribution in [0, 0.1) is 0 Å². The van der Waals surface area contributed by atoms with E-state index in [1.165, 1.54) is 11.1 Å². The fraction of sp³-hybridized carbons (Fsp3) is 0.370. The zero-order valence-corrected chi connectivity index (χ0v) is 21.0. The van der Waals surface area contributed by atoms with Crippen LogP contribution in [-0.4, -0.2) is 68.2 Å². The molecule has 7 nitrogen and oxygen atoms in total. The molecule has 1 spiro atoms. The largest absolute Gasteiger partial charge is 0.361 e. The molecule has 2 aliphatic rings. The van der Waals surface area contributed by atoms with Gasteiger partial charge in [0.25, 0.3) is 0 Å². The summed E-state index contributed by atoms with van der Waals surface area (Å²) in [7, 11) is -0.273. The maximum Gasteiger partial charge on any atom is 0.241 e. The van der Waals surface area contributed by atoms with Crippen molar-refractivity contribution in [1.82, 2.24) is 19.5 Å². The van der Waals surface area contributed by atoms with Crippen molar-refractivity contribution in [3.8, 4) is 0 Å². The van der Waals surface area contributed by atoms with Crippen LogP contribution in [0.25, 0.3) is 17.0 Å². The summed E-state index contributed by atoms with van der Waals surface area (Å²) in [5, 5.41) is 1.00. The molecule has 1 aromatic heterocycles. The van der Waals surface area contributed by atoms with Crippen molar-refractivity contribution < 1.29 is 13.2 Å². The monoisotopic (exact) mass is 492 g/mol. The molecule has 1 amide bonds. The van der Waals surface area contributed by atoms with Gasteiger partial charge in [-0.1, -0.05) is 54.6 Å². The number of carbonyl (C=O) groups is 1. The predicted octanol–water partition coefficient (Wildman–Crippen LogP) is 3.10. The molecule has 2 N–H and O–H groups in total. The Morgan fingerprint density at radius 2 is 1.83 bits per heavy atom. The first kappa shape index (κ1) is 23.8. The smallest absolute Gasteiger partial charge is 0.241 e. The molecule has 8 heteroatoms. The second-order valence-corrected chi connectivity index (χ2v) is 11.7. The molecule has 1 fully saturated rings. The van der Waals surface area contributed by atoms with Crippen LogP contribution in [0.3, 0.4) is 0 Å². The third-order valence-electron chi connectivity index (χ3n) is 7.19. The molecule has 2 aromatic carbocycles. The second-order valence-electron chi connectivity index (χ2n) is 9.96. The van der Waals surface area contributed by atoms with Crippen molar-refractivity contribution in [2.24, 2.45) is 0 Å². The second kappa shape index (κ2) is 9.26. The maximum atomic E-state index is 13.7. The number of nitrogens with one attached hydrogen (secondary N) is 2. The lowest BCUT2D eigenvalue weighted by molar-refractivity contribution is -0.134. The Bertz CT molecular complexity index is 1370. The number of aromatic amines is 1. The Kier molecular flexibility index (Phi) is 6.29. The van der Waals surface area contributed by atoms with E-state index in [1.54, 1.807) is 19.0 Å². The van der Waals surface area contributed by atoms with Gasteiger partial charge in [0.05, 0.1) is 0 Å². The van der Waals surface area contributed by atoms with Crippen LogP contribution >= 0.6 is 0 Å². The molecule has 184 valence electrons. The number of fused-ring (bicyclic) bond motifs is 3. The molecule has 1 aliphatic carbocycles. The summed E-state index contributed by atoms with van der Waals surface area (Å²) in [6, 6.07) is 15.4. The average Bonchev–Trinajstić information content (AvgIpc) is 3.40. The van der Waals surface area contributed by atoms with E-state index in [0.717, 1.165) is 29.3 Å². The zero-order chi connectivity index (χ0) is 24.6. The van der Waals surface area contributed by atoms with Gasteiger partial charge in [0, 0.05) is 35.6 Å². The highest BCUT2D eigenvalue weighted by atomic mass is 32.2. The highest BCUT2D eigenvalue weighted by Crippen LogP contribution is 2.43. The molecular formula is C27H32N4O3S. The number of benzene rings is 2. The number of likely N-dealkylation sites (tertiary alicyclic amines) is 1. The van der Waals surface area contributed by atoms with Crippen LogP contribution in [0.5, 0.6) is 0 Å². The third-order valence-corrected chi connectivity index (χ3v) is 8.69. The van der Waals surface area contributed by atoms with Gasteiger partial charge in [0.2, 0.25) is 15.9 Å². The van der Waals surface area contributed by atoms with Crippen LogP contribution in [0.4, 0.5) is 0 Å². The Labute approximate surface area is 206 Å². The molecule has 1 aliphatic heterocycles. The van der Waals surface area contributed by atoms with E-state index < -0.39 is 16.1 Å². The quantitative estimate of drug-likeness (QED) is 0.531. The Morgan fingerprint density at radius 1 is 1.11 bits per heavy atom. The van der Waals surface area contributed by atoms with Crippen molar-refractivity contribution in [2.75, 3.05) is 33.1 Å². The van der Waals surface area contributed by atoms with Crippen LogP contribution in [0.2, 0.25) is 0 Å². The summed E-state index contributed by atoms with van der Waals surface area (Å²) in [5.74, 6) is -0.335. The fourth-order valence-electron chi connectivity index (χ4n) is 5.51. The number of piperidine rings is 1. The number of H-pyrrole nitrogens is 1. The van der Waals surface area contributed by atoms with Crippen LogP contribution in [-0.2, 0) is 26.7 Å². The predicted molar refractivity (Wildman–Crippen MR) is 139 cm³/mol. The molecule has 2 heterocycles. The van der Waals surface area contributed by atoms with E-state index in [1.807, 2.05) is 35.4 Å². The first-order valence-electron chi connectivity index (χ1n) is 12.0.